The van der Waals surface area contributed by atoms with Crippen molar-refractivity contribution >= 4 is 5.82 Å². The molecule has 2 aromatic rings. The summed E-state index contributed by atoms with van der Waals surface area (Å²) in [7, 11) is 0. The van der Waals surface area contributed by atoms with Gasteiger partial charge in [-0.3, -0.25) is 0 Å². The van der Waals surface area contributed by atoms with Crippen molar-refractivity contribution in [2.45, 2.75) is 39.2 Å². The summed E-state index contributed by atoms with van der Waals surface area (Å²) in [6.45, 7) is 5.81. The Bertz CT molecular complexity index is 618. The average Bonchev–Trinajstić information content (AvgIpc) is 2.79. The Morgan fingerprint density at radius 2 is 2.20 bits per heavy atom. The number of rotatable bonds is 3. The van der Waals surface area contributed by atoms with E-state index in [4.69, 9.17) is 15.5 Å². The lowest BCUT2D eigenvalue weighted by atomic mass is 10.0. The van der Waals surface area contributed by atoms with E-state index in [1.807, 2.05) is 31.2 Å². The molecule has 1 aliphatic heterocycles. The third-order valence-corrected chi connectivity index (χ3v) is 3.94. The van der Waals surface area contributed by atoms with Crippen LogP contribution in [0.3, 0.4) is 0 Å². The molecule has 0 fully saturated rings. The van der Waals surface area contributed by atoms with Crippen molar-refractivity contribution in [3.05, 3.63) is 30.1 Å². The number of aromatic nitrogens is 2. The standard InChI is InChI=1S/C16H21N3O/c1-3-20-13-9-5-4-8-12(13)14-15(17)19-10-6-7-11(2)16(19)18-14/h4-5,8-9,11H,3,6-7,10,17H2,1-2H3. The average molecular weight is 271 g/mol. The molecule has 4 heteroatoms. The number of nitrogens with zero attached hydrogens (tertiary/aromatic N) is 2. The zero-order chi connectivity index (χ0) is 14.1. The monoisotopic (exact) mass is 271 g/mol. The van der Waals surface area contributed by atoms with Gasteiger partial charge in [0, 0.05) is 18.0 Å². The van der Waals surface area contributed by atoms with Crippen LogP contribution in [-0.4, -0.2) is 16.2 Å². The molecule has 1 aromatic heterocycles. The van der Waals surface area contributed by atoms with E-state index in [-0.39, 0.29) is 0 Å². The number of nitrogens with two attached hydrogens (primary N) is 1. The maximum absolute atomic E-state index is 6.33. The molecule has 0 amide bonds. The van der Waals surface area contributed by atoms with E-state index in [2.05, 4.69) is 11.5 Å². The summed E-state index contributed by atoms with van der Waals surface area (Å²) in [4.78, 5) is 4.80. The van der Waals surface area contributed by atoms with Crippen molar-refractivity contribution < 1.29 is 4.74 Å². The molecule has 1 atom stereocenters. The first kappa shape index (κ1) is 13.0. The van der Waals surface area contributed by atoms with Crippen molar-refractivity contribution in [1.29, 1.82) is 0 Å². The molecule has 1 unspecified atom stereocenters. The Kier molecular flexibility index (Phi) is 3.38. The molecule has 0 saturated heterocycles. The second kappa shape index (κ2) is 5.19. The Labute approximate surface area is 119 Å². The molecule has 1 aliphatic rings. The predicted octanol–water partition coefficient (Wildman–Crippen LogP) is 3.43. The van der Waals surface area contributed by atoms with Crippen LogP contribution < -0.4 is 10.5 Å². The van der Waals surface area contributed by atoms with Crippen LogP contribution in [0.4, 0.5) is 5.82 Å². The summed E-state index contributed by atoms with van der Waals surface area (Å²) in [6, 6.07) is 7.97. The van der Waals surface area contributed by atoms with Crippen LogP contribution in [0.15, 0.2) is 24.3 Å². The van der Waals surface area contributed by atoms with Gasteiger partial charge in [-0.1, -0.05) is 19.1 Å². The lowest BCUT2D eigenvalue weighted by Crippen LogP contribution is -2.15. The zero-order valence-electron chi connectivity index (χ0n) is 12.1. The van der Waals surface area contributed by atoms with Gasteiger partial charge in [-0.15, -0.1) is 0 Å². The van der Waals surface area contributed by atoms with Crippen LogP contribution in [0.5, 0.6) is 5.75 Å². The molecule has 0 aliphatic carbocycles. The van der Waals surface area contributed by atoms with Crippen molar-refractivity contribution in [1.82, 2.24) is 9.55 Å². The molecule has 2 N–H and O–H groups in total. The van der Waals surface area contributed by atoms with Gasteiger partial charge in [0.25, 0.3) is 0 Å². The van der Waals surface area contributed by atoms with E-state index in [1.54, 1.807) is 0 Å². The molecule has 20 heavy (non-hydrogen) atoms. The largest absolute Gasteiger partial charge is 0.493 e. The van der Waals surface area contributed by atoms with Gasteiger partial charge in [-0.25, -0.2) is 4.98 Å². The summed E-state index contributed by atoms with van der Waals surface area (Å²) in [5, 5.41) is 0. The molecule has 2 heterocycles. The van der Waals surface area contributed by atoms with Gasteiger partial charge in [0.05, 0.1) is 6.61 Å². The predicted molar refractivity (Wildman–Crippen MR) is 80.9 cm³/mol. The number of anilines is 1. The van der Waals surface area contributed by atoms with Gasteiger partial charge >= 0.3 is 0 Å². The van der Waals surface area contributed by atoms with Gasteiger partial charge in [0.2, 0.25) is 0 Å². The summed E-state index contributed by atoms with van der Waals surface area (Å²) < 4.78 is 7.86. The molecule has 0 saturated carbocycles. The van der Waals surface area contributed by atoms with Crippen molar-refractivity contribution in [3.8, 4) is 17.0 Å². The number of para-hydroxylation sites is 1. The highest BCUT2D eigenvalue weighted by atomic mass is 16.5. The van der Waals surface area contributed by atoms with E-state index in [0.29, 0.717) is 12.5 Å². The molecular formula is C16H21N3O. The number of fused-ring (bicyclic) bond motifs is 1. The normalized spacial score (nSPS) is 17.8. The van der Waals surface area contributed by atoms with E-state index >= 15 is 0 Å². The minimum Gasteiger partial charge on any atom is -0.493 e. The number of imidazole rings is 1. The first-order valence-corrected chi connectivity index (χ1v) is 7.30. The fourth-order valence-electron chi connectivity index (χ4n) is 2.92. The maximum atomic E-state index is 6.33. The minimum absolute atomic E-state index is 0.471. The molecule has 3 rings (SSSR count). The molecule has 4 nitrogen and oxygen atoms in total. The first-order chi connectivity index (χ1) is 9.72. The number of benzene rings is 1. The summed E-state index contributed by atoms with van der Waals surface area (Å²) in [5.74, 6) is 3.19. The fraction of sp³-hybridized carbons (Fsp3) is 0.438. The highest BCUT2D eigenvalue weighted by molar-refractivity contribution is 5.76. The fourth-order valence-corrected chi connectivity index (χ4v) is 2.92. The summed E-state index contributed by atoms with van der Waals surface area (Å²) in [5.41, 5.74) is 8.17. The SMILES string of the molecule is CCOc1ccccc1-c1nc2n(c1N)CCCC2C. The Hall–Kier alpha value is -1.97. The second-order valence-corrected chi connectivity index (χ2v) is 5.33. The molecule has 106 valence electrons. The van der Waals surface area contributed by atoms with Gasteiger partial charge in [0.15, 0.2) is 0 Å². The van der Waals surface area contributed by atoms with Crippen molar-refractivity contribution in [2.75, 3.05) is 12.3 Å². The van der Waals surface area contributed by atoms with Crippen LogP contribution >= 0.6 is 0 Å². The number of hydrogen-bond donors (Lipinski definition) is 1. The Balaban J connectivity index is 2.11. The summed E-state index contributed by atoms with van der Waals surface area (Å²) in [6.07, 6.45) is 2.35. The van der Waals surface area contributed by atoms with Gasteiger partial charge in [-0.2, -0.15) is 0 Å². The van der Waals surface area contributed by atoms with Crippen LogP contribution in [-0.2, 0) is 6.54 Å². The third kappa shape index (κ3) is 2.05. The first-order valence-electron chi connectivity index (χ1n) is 7.30. The minimum atomic E-state index is 0.471. The number of ether oxygens (including phenoxy) is 1. The Morgan fingerprint density at radius 3 is 2.95 bits per heavy atom. The molecule has 0 spiro atoms. The van der Waals surface area contributed by atoms with Crippen LogP contribution in [0, 0.1) is 0 Å². The molecule has 0 radical (unpaired) electrons. The van der Waals surface area contributed by atoms with Gasteiger partial charge < -0.3 is 15.0 Å². The second-order valence-electron chi connectivity index (χ2n) is 5.33. The van der Waals surface area contributed by atoms with E-state index in [1.165, 1.54) is 12.8 Å². The lowest BCUT2D eigenvalue weighted by Gasteiger charge is -2.20. The lowest BCUT2D eigenvalue weighted by molar-refractivity contribution is 0.341. The van der Waals surface area contributed by atoms with Crippen LogP contribution in [0.25, 0.3) is 11.3 Å². The highest BCUT2D eigenvalue weighted by Crippen LogP contribution is 2.37. The molecule has 0 bridgehead atoms. The zero-order valence-corrected chi connectivity index (χ0v) is 12.1. The third-order valence-electron chi connectivity index (χ3n) is 3.94. The Morgan fingerprint density at radius 1 is 1.40 bits per heavy atom. The van der Waals surface area contributed by atoms with Crippen molar-refractivity contribution in [3.63, 3.8) is 0 Å². The molecular weight excluding hydrogens is 250 g/mol. The van der Waals surface area contributed by atoms with E-state index in [0.717, 1.165) is 35.2 Å². The maximum Gasteiger partial charge on any atom is 0.131 e. The van der Waals surface area contributed by atoms with Crippen LogP contribution in [0.1, 0.15) is 38.4 Å². The molecule has 1 aromatic carbocycles. The van der Waals surface area contributed by atoms with E-state index in [9.17, 15) is 0 Å². The number of hydrogen-bond acceptors (Lipinski definition) is 3. The smallest absolute Gasteiger partial charge is 0.131 e. The van der Waals surface area contributed by atoms with Crippen molar-refractivity contribution in [2.24, 2.45) is 0 Å². The van der Waals surface area contributed by atoms with Gasteiger partial charge in [0.1, 0.15) is 23.1 Å². The summed E-state index contributed by atoms with van der Waals surface area (Å²) >= 11 is 0. The van der Waals surface area contributed by atoms with Crippen LogP contribution in [0.2, 0.25) is 0 Å². The highest BCUT2D eigenvalue weighted by Gasteiger charge is 2.24. The topological polar surface area (TPSA) is 53.1 Å². The number of nitrogen functional groups attached to an aromatic ring is 1. The van der Waals surface area contributed by atoms with Gasteiger partial charge in [-0.05, 0) is 31.9 Å². The quantitative estimate of drug-likeness (QED) is 0.930. The van der Waals surface area contributed by atoms with E-state index < -0.39 is 0 Å².